The van der Waals surface area contributed by atoms with E-state index in [1.807, 2.05) is 6.92 Å². The van der Waals surface area contributed by atoms with Crippen LogP contribution in [-0.2, 0) is 15.1 Å². The van der Waals surface area contributed by atoms with Gasteiger partial charge in [0, 0.05) is 11.6 Å². The summed E-state index contributed by atoms with van der Waals surface area (Å²) in [5, 5.41) is 5.11. The van der Waals surface area contributed by atoms with Crippen molar-refractivity contribution in [2.75, 3.05) is 6.54 Å². The third kappa shape index (κ3) is 4.61. The molecule has 4 amide bonds. The third-order valence-electron chi connectivity index (χ3n) is 4.63. The highest BCUT2D eigenvalue weighted by atomic mass is 19.1. The second kappa shape index (κ2) is 8.02. The number of hydrogen-bond acceptors (Lipinski definition) is 3. The molecule has 1 fully saturated rings. The molecule has 1 saturated heterocycles. The normalized spacial score (nSPS) is 20.8. The Hall–Kier alpha value is -2.51. The summed E-state index contributed by atoms with van der Waals surface area (Å²) in [7, 11) is 0. The number of urea groups is 1. The molecule has 2 atom stereocenters. The lowest BCUT2D eigenvalue weighted by Gasteiger charge is -2.23. The van der Waals surface area contributed by atoms with Gasteiger partial charge in [-0.25, -0.2) is 13.6 Å². The average Bonchev–Trinajstić information content (AvgIpc) is 2.79. The zero-order valence-electron chi connectivity index (χ0n) is 15.9. The van der Waals surface area contributed by atoms with Gasteiger partial charge in [0.05, 0.1) is 0 Å². The van der Waals surface area contributed by atoms with Crippen molar-refractivity contribution in [3.05, 3.63) is 35.4 Å². The molecule has 1 aromatic carbocycles. The van der Waals surface area contributed by atoms with Crippen LogP contribution in [0.5, 0.6) is 0 Å². The van der Waals surface area contributed by atoms with E-state index in [4.69, 9.17) is 0 Å². The maximum absolute atomic E-state index is 14.1. The molecule has 1 aliphatic heterocycles. The summed E-state index contributed by atoms with van der Waals surface area (Å²) in [6.45, 7) is 6.80. The van der Waals surface area contributed by atoms with E-state index >= 15 is 0 Å². The summed E-state index contributed by atoms with van der Waals surface area (Å²) in [6, 6.07) is 1.75. The molecule has 27 heavy (non-hydrogen) atoms. The summed E-state index contributed by atoms with van der Waals surface area (Å²) in [5.74, 6) is -2.34. The summed E-state index contributed by atoms with van der Waals surface area (Å²) in [6.07, 6.45) is 1.71. The minimum absolute atomic E-state index is 0.104. The molecule has 1 heterocycles. The molecule has 148 valence electrons. The predicted octanol–water partition coefficient (Wildman–Crippen LogP) is 2.67. The largest absolute Gasteiger partial charge is 0.352 e. The molecule has 0 aliphatic carbocycles. The van der Waals surface area contributed by atoms with E-state index in [1.54, 1.807) is 0 Å². The first-order valence-corrected chi connectivity index (χ1v) is 8.93. The van der Waals surface area contributed by atoms with Gasteiger partial charge in [0.15, 0.2) is 0 Å². The Morgan fingerprint density at radius 3 is 2.52 bits per heavy atom. The van der Waals surface area contributed by atoms with Gasteiger partial charge in [-0.1, -0.05) is 13.8 Å². The first kappa shape index (κ1) is 20.8. The van der Waals surface area contributed by atoms with Crippen LogP contribution < -0.4 is 10.6 Å². The summed E-state index contributed by atoms with van der Waals surface area (Å²) in [4.78, 5) is 37.8. The van der Waals surface area contributed by atoms with Crippen LogP contribution in [0, 0.1) is 17.6 Å². The van der Waals surface area contributed by atoms with Gasteiger partial charge in [-0.05, 0) is 50.8 Å². The van der Waals surface area contributed by atoms with Gasteiger partial charge in [0.1, 0.15) is 23.7 Å². The predicted molar refractivity (Wildman–Crippen MR) is 95.6 cm³/mol. The Balaban J connectivity index is 2.09. The number of benzene rings is 1. The number of carbonyl (C=O) groups excluding carboxylic acids is 3. The fourth-order valence-electron chi connectivity index (χ4n) is 3.02. The van der Waals surface area contributed by atoms with Gasteiger partial charge in [-0.3, -0.25) is 14.5 Å². The minimum atomic E-state index is -1.77. The standard InChI is InChI=1S/C19H25F2N3O3/c1-11(2)5-6-12(3)22-16(25)10-24-17(26)19(4,23-18(24)27)14-9-13(20)7-8-15(14)21/h7-9,11-12H,5-6,10H2,1-4H3,(H,22,25)(H,23,27). The van der Waals surface area contributed by atoms with Gasteiger partial charge in [0.25, 0.3) is 5.91 Å². The van der Waals surface area contributed by atoms with Crippen LogP contribution in [0.15, 0.2) is 18.2 Å². The second-order valence-electron chi connectivity index (χ2n) is 7.51. The molecule has 0 bridgehead atoms. The lowest BCUT2D eigenvalue weighted by atomic mass is 9.91. The van der Waals surface area contributed by atoms with E-state index in [-0.39, 0.29) is 11.6 Å². The lowest BCUT2D eigenvalue weighted by Crippen LogP contribution is -2.45. The monoisotopic (exact) mass is 381 g/mol. The fourth-order valence-corrected chi connectivity index (χ4v) is 3.02. The molecule has 8 heteroatoms. The van der Waals surface area contributed by atoms with Crippen LogP contribution in [0.25, 0.3) is 0 Å². The second-order valence-corrected chi connectivity index (χ2v) is 7.51. The fraction of sp³-hybridized carbons (Fsp3) is 0.526. The number of amides is 4. The quantitative estimate of drug-likeness (QED) is 0.713. The van der Waals surface area contributed by atoms with Crippen LogP contribution in [0.2, 0.25) is 0 Å². The molecule has 1 aromatic rings. The molecule has 0 spiro atoms. The molecule has 0 saturated carbocycles. The molecule has 2 N–H and O–H groups in total. The van der Waals surface area contributed by atoms with Gasteiger partial charge in [0.2, 0.25) is 5.91 Å². The van der Waals surface area contributed by atoms with E-state index in [0.717, 1.165) is 35.9 Å². The zero-order valence-corrected chi connectivity index (χ0v) is 15.9. The zero-order chi connectivity index (χ0) is 20.4. The lowest BCUT2D eigenvalue weighted by molar-refractivity contribution is -0.135. The number of rotatable bonds is 7. The molecule has 2 rings (SSSR count). The van der Waals surface area contributed by atoms with Crippen molar-refractivity contribution in [3.63, 3.8) is 0 Å². The molecule has 2 unspecified atom stereocenters. The van der Waals surface area contributed by atoms with Crippen molar-refractivity contribution in [1.82, 2.24) is 15.5 Å². The van der Waals surface area contributed by atoms with Crippen molar-refractivity contribution in [2.24, 2.45) is 5.92 Å². The van der Waals surface area contributed by atoms with Crippen molar-refractivity contribution in [2.45, 2.75) is 52.1 Å². The number of halogens is 2. The topological polar surface area (TPSA) is 78.5 Å². The molecular weight excluding hydrogens is 356 g/mol. The number of carbonyl (C=O) groups is 3. The van der Waals surface area contributed by atoms with Gasteiger partial charge < -0.3 is 10.6 Å². The van der Waals surface area contributed by atoms with Crippen LogP contribution in [-0.4, -0.2) is 35.3 Å². The first-order valence-electron chi connectivity index (χ1n) is 8.93. The average molecular weight is 381 g/mol. The summed E-state index contributed by atoms with van der Waals surface area (Å²) in [5.41, 5.74) is -2.05. The van der Waals surface area contributed by atoms with E-state index in [1.165, 1.54) is 6.92 Å². The molecule has 1 aliphatic rings. The Labute approximate surface area is 157 Å². The van der Waals surface area contributed by atoms with E-state index in [0.29, 0.717) is 5.92 Å². The van der Waals surface area contributed by atoms with Gasteiger partial charge in [-0.2, -0.15) is 0 Å². The third-order valence-corrected chi connectivity index (χ3v) is 4.63. The van der Waals surface area contributed by atoms with Crippen LogP contribution in [0.4, 0.5) is 13.6 Å². The van der Waals surface area contributed by atoms with Crippen molar-refractivity contribution < 1.29 is 23.2 Å². The SMILES string of the molecule is CC(C)CCC(C)NC(=O)CN1C(=O)NC(C)(c2cc(F)ccc2F)C1=O. The first-order chi connectivity index (χ1) is 12.5. The van der Waals surface area contributed by atoms with E-state index in [2.05, 4.69) is 24.5 Å². The smallest absolute Gasteiger partial charge is 0.325 e. The van der Waals surface area contributed by atoms with E-state index in [9.17, 15) is 23.2 Å². The van der Waals surface area contributed by atoms with Crippen molar-refractivity contribution >= 4 is 17.8 Å². The number of nitrogens with one attached hydrogen (secondary N) is 2. The van der Waals surface area contributed by atoms with Crippen LogP contribution >= 0.6 is 0 Å². The molecular formula is C19H25F2N3O3. The summed E-state index contributed by atoms with van der Waals surface area (Å²) >= 11 is 0. The van der Waals surface area contributed by atoms with Crippen LogP contribution in [0.3, 0.4) is 0 Å². The Morgan fingerprint density at radius 2 is 1.89 bits per heavy atom. The maximum Gasteiger partial charge on any atom is 0.325 e. The number of hydrogen-bond donors (Lipinski definition) is 2. The van der Waals surface area contributed by atoms with Crippen LogP contribution in [0.1, 0.15) is 46.1 Å². The highest BCUT2D eigenvalue weighted by Gasteiger charge is 2.50. The number of imide groups is 1. The highest BCUT2D eigenvalue weighted by molar-refractivity contribution is 6.09. The number of nitrogens with zero attached hydrogens (tertiary/aromatic N) is 1. The van der Waals surface area contributed by atoms with Crippen molar-refractivity contribution in [3.8, 4) is 0 Å². The Kier molecular flexibility index (Phi) is 6.18. The van der Waals surface area contributed by atoms with Gasteiger partial charge >= 0.3 is 6.03 Å². The Bertz CT molecular complexity index is 754. The highest BCUT2D eigenvalue weighted by Crippen LogP contribution is 2.31. The molecule has 6 nitrogen and oxygen atoms in total. The molecule has 0 radical (unpaired) electrons. The maximum atomic E-state index is 14.1. The van der Waals surface area contributed by atoms with Gasteiger partial charge in [-0.15, -0.1) is 0 Å². The molecule has 0 aromatic heterocycles. The summed E-state index contributed by atoms with van der Waals surface area (Å²) < 4.78 is 27.6. The van der Waals surface area contributed by atoms with E-state index < -0.39 is 41.6 Å². The minimum Gasteiger partial charge on any atom is -0.352 e. The Morgan fingerprint density at radius 1 is 1.22 bits per heavy atom. The van der Waals surface area contributed by atoms with Crippen molar-refractivity contribution in [1.29, 1.82) is 0 Å².